The van der Waals surface area contributed by atoms with Crippen molar-refractivity contribution in [2.45, 2.75) is 37.4 Å². The predicted octanol–water partition coefficient (Wildman–Crippen LogP) is 4.99. The van der Waals surface area contributed by atoms with Crippen molar-refractivity contribution in [1.29, 1.82) is 0 Å². The van der Waals surface area contributed by atoms with Crippen LogP contribution in [0.25, 0.3) is 5.57 Å². The van der Waals surface area contributed by atoms with Gasteiger partial charge in [-0.25, -0.2) is 0 Å². The van der Waals surface area contributed by atoms with Gasteiger partial charge in [0.05, 0.1) is 0 Å². The van der Waals surface area contributed by atoms with Crippen molar-refractivity contribution in [3.05, 3.63) is 51.6 Å². The lowest BCUT2D eigenvalue weighted by atomic mass is 9.80. The molecule has 2 aliphatic rings. The number of nitrogens with zero attached hydrogens (tertiary/aromatic N) is 1. The Labute approximate surface area is 158 Å². The Kier molecular flexibility index (Phi) is 5.39. The van der Waals surface area contributed by atoms with E-state index in [1.807, 2.05) is 24.3 Å². The first kappa shape index (κ1) is 18.6. The van der Waals surface area contributed by atoms with Gasteiger partial charge in [0.1, 0.15) is 5.54 Å². The quantitative estimate of drug-likeness (QED) is 0.592. The van der Waals surface area contributed by atoms with Gasteiger partial charge < -0.3 is 0 Å². The Bertz CT molecular complexity index is 702. The van der Waals surface area contributed by atoms with E-state index >= 15 is 0 Å². The van der Waals surface area contributed by atoms with Crippen LogP contribution in [0.4, 0.5) is 13.2 Å². The van der Waals surface area contributed by atoms with Crippen LogP contribution in [0.3, 0.4) is 0 Å². The zero-order chi connectivity index (χ0) is 18.1. The molecule has 0 spiro atoms. The van der Waals surface area contributed by atoms with E-state index in [-0.39, 0.29) is 6.42 Å². The predicted molar refractivity (Wildman–Crippen MR) is 100 cm³/mol. The van der Waals surface area contributed by atoms with E-state index < -0.39 is 17.5 Å². The first-order chi connectivity index (χ1) is 11.8. The third-order valence-corrected chi connectivity index (χ3v) is 5.64. The molecule has 6 heteroatoms. The van der Waals surface area contributed by atoms with E-state index in [1.54, 1.807) is 17.1 Å². The molecule has 0 radical (unpaired) electrons. The largest absolute Gasteiger partial charge is 0.452 e. The Morgan fingerprint density at radius 2 is 1.72 bits per heavy atom. The summed E-state index contributed by atoms with van der Waals surface area (Å²) in [6.07, 6.45) is 2.79. The molecular formula is C19H19F3INO. The summed E-state index contributed by atoms with van der Waals surface area (Å²) in [4.78, 5) is 14.0. The molecule has 25 heavy (non-hydrogen) atoms. The molecule has 1 aliphatic carbocycles. The fourth-order valence-corrected chi connectivity index (χ4v) is 3.93. The Morgan fingerprint density at radius 3 is 2.24 bits per heavy atom. The molecule has 0 N–H and O–H groups in total. The molecule has 0 saturated carbocycles. The number of piperidine rings is 1. The summed E-state index contributed by atoms with van der Waals surface area (Å²) in [5.41, 5.74) is 0.216. The number of ketones is 1. The molecule has 2 nitrogen and oxygen atoms in total. The van der Waals surface area contributed by atoms with Crippen LogP contribution in [0.5, 0.6) is 0 Å². The number of alkyl halides is 3. The molecular weight excluding hydrogens is 442 g/mol. The number of rotatable bonds is 3. The summed E-state index contributed by atoms with van der Waals surface area (Å²) in [6.45, 7) is 1.05. The van der Waals surface area contributed by atoms with Gasteiger partial charge >= 0.3 is 6.18 Å². The number of likely N-dealkylation sites (tertiary alicyclic amines) is 1. The highest BCUT2D eigenvalue weighted by atomic mass is 127. The Hall–Kier alpha value is -1.15. The van der Waals surface area contributed by atoms with Gasteiger partial charge in [0.15, 0.2) is 0 Å². The molecule has 1 heterocycles. The Balaban J connectivity index is 1.92. The van der Waals surface area contributed by atoms with Crippen LogP contribution in [0.2, 0.25) is 0 Å². The lowest BCUT2D eigenvalue weighted by molar-refractivity contribution is -0.181. The number of benzene rings is 1. The molecule has 0 aromatic heterocycles. The van der Waals surface area contributed by atoms with Crippen molar-refractivity contribution in [2.24, 2.45) is 0 Å². The molecule has 1 aromatic carbocycles. The first-order valence-electron chi connectivity index (χ1n) is 8.35. The van der Waals surface area contributed by atoms with Crippen LogP contribution in [-0.4, -0.2) is 35.5 Å². The van der Waals surface area contributed by atoms with Crippen LogP contribution in [0, 0.1) is 3.57 Å². The van der Waals surface area contributed by atoms with Crippen molar-refractivity contribution >= 4 is 33.9 Å². The van der Waals surface area contributed by atoms with E-state index in [2.05, 4.69) is 22.6 Å². The maximum atomic E-state index is 13.3. The maximum absolute atomic E-state index is 13.3. The standard InChI is InChI=1S/C19H19F3INO/c20-19(21,22)17(25)18(24-12-2-1-3-13-24)10-8-15(9-11-18)14-4-6-16(23)7-5-14/h4-10H,1-3,11-13H2. The van der Waals surface area contributed by atoms with E-state index in [0.29, 0.717) is 13.1 Å². The third kappa shape index (κ3) is 3.84. The molecule has 1 atom stereocenters. The zero-order valence-corrected chi connectivity index (χ0v) is 15.8. The van der Waals surface area contributed by atoms with Crippen molar-refractivity contribution in [3.63, 3.8) is 0 Å². The SMILES string of the molecule is O=C(C(F)(F)F)C1(N2CCCCC2)C=CC(c2ccc(I)cc2)=CC1. The molecule has 0 amide bonds. The van der Waals surface area contributed by atoms with Crippen molar-refractivity contribution in [3.8, 4) is 0 Å². The van der Waals surface area contributed by atoms with Crippen LogP contribution < -0.4 is 0 Å². The fourth-order valence-electron chi connectivity index (χ4n) is 3.57. The van der Waals surface area contributed by atoms with Crippen molar-refractivity contribution < 1.29 is 18.0 Å². The molecule has 1 saturated heterocycles. The maximum Gasteiger partial charge on any atom is 0.452 e. The summed E-state index contributed by atoms with van der Waals surface area (Å²) in [7, 11) is 0. The van der Waals surface area contributed by atoms with E-state index in [4.69, 9.17) is 0 Å². The van der Waals surface area contributed by atoms with E-state index in [1.165, 1.54) is 6.08 Å². The zero-order valence-electron chi connectivity index (χ0n) is 13.7. The summed E-state index contributed by atoms with van der Waals surface area (Å²) in [6, 6.07) is 7.80. The van der Waals surface area contributed by atoms with Crippen LogP contribution in [0.15, 0.2) is 42.5 Å². The van der Waals surface area contributed by atoms with Gasteiger partial charge in [-0.15, -0.1) is 0 Å². The fraction of sp³-hybridized carbons (Fsp3) is 0.421. The minimum absolute atomic E-state index is 0.0587. The smallest absolute Gasteiger partial charge is 0.287 e. The van der Waals surface area contributed by atoms with Gasteiger partial charge in [-0.1, -0.05) is 36.8 Å². The topological polar surface area (TPSA) is 20.3 Å². The summed E-state index contributed by atoms with van der Waals surface area (Å²) >= 11 is 2.21. The average Bonchev–Trinajstić information content (AvgIpc) is 2.62. The highest BCUT2D eigenvalue weighted by molar-refractivity contribution is 14.1. The first-order valence-corrected chi connectivity index (χ1v) is 9.43. The van der Waals surface area contributed by atoms with Gasteiger partial charge in [0, 0.05) is 3.57 Å². The highest BCUT2D eigenvalue weighted by Crippen LogP contribution is 2.38. The number of Topliss-reactive ketones (excluding diaryl/α,β-unsaturated/α-hetero) is 1. The normalized spacial score (nSPS) is 24.9. The lowest BCUT2D eigenvalue weighted by Gasteiger charge is -2.43. The molecule has 3 rings (SSSR count). The third-order valence-electron chi connectivity index (χ3n) is 4.92. The van der Waals surface area contributed by atoms with Crippen LogP contribution >= 0.6 is 22.6 Å². The van der Waals surface area contributed by atoms with Crippen molar-refractivity contribution in [2.75, 3.05) is 13.1 Å². The minimum atomic E-state index is -4.84. The number of hydrogen-bond acceptors (Lipinski definition) is 2. The van der Waals surface area contributed by atoms with E-state index in [9.17, 15) is 18.0 Å². The minimum Gasteiger partial charge on any atom is -0.287 e. The summed E-state index contributed by atoms with van der Waals surface area (Å²) in [5.74, 6) is -1.66. The second-order valence-electron chi connectivity index (χ2n) is 6.50. The number of carbonyl (C=O) groups is 1. The number of hydrogen-bond donors (Lipinski definition) is 0. The van der Waals surface area contributed by atoms with Gasteiger partial charge in [0.25, 0.3) is 5.78 Å². The monoisotopic (exact) mass is 461 g/mol. The van der Waals surface area contributed by atoms with E-state index in [0.717, 1.165) is 34.0 Å². The average molecular weight is 461 g/mol. The number of halogens is 4. The van der Waals surface area contributed by atoms with Crippen LogP contribution in [-0.2, 0) is 4.79 Å². The number of carbonyl (C=O) groups excluding carboxylic acids is 1. The molecule has 1 unspecified atom stereocenters. The van der Waals surface area contributed by atoms with Gasteiger partial charge in [-0.05, 0) is 78.2 Å². The second kappa shape index (κ2) is 7.23. The molecule has 0 bridgehead atoms. The van der Waals surface area contributed by atoms with Gasteiger partial charge in [0.2, 0.25) is 0 Å². The molecule has 1 aromatic rings. The summed E-state index contributed by atoms with van der Waals surface area (Å²) < 4.78 is 40.9. The van der Waals surface area contributed by atoms with Gasteiger partial charge in [-0.3, -0.25) is 9.69 Å². The molecule has 1 fully saturated rings. The Morgan fingerprint density at radius 1 is 1.08 bits per heavy atom. The second-order valence-corrected chi connectivity index (χ2v) is 7.75. The van der Waals surface area contributed by atoms with Gasteiger partial charge in [-0.2, -0.15) is 13.2 Å². The summed E-state index contributed by atoms with van der Waals surface area (Å²) in [5, 5.41) is 0. The number of allylic oxidation sites excluding steroid dienone is 2. The molecule has 134 valence electrons. The lowest BCUT2D eigenvalue weighted by Crippen LogP contribution is -2.59. The molecule has 1 aliphatic heterocycles. The van der Waals surface area contributed by atoms with Crippen LogP contribution in [0.1, 0.15) is 31.2 Å². The van der Waals surface area contributed by atoms with Crippen molar-refractivity contribution in [1.82, 2.24) is 4.90 Å². The highest BCUT2D eigenvalue weighted by Gasteiger charge is 2.54.